The van der Waals surface area contributed by atoms with Gasteiger partial charge in [0.1, 0.15) is 5.75 Å². The summed E-state index contributed by atoms with van der Waals surface area (Å²) < 4.78 is 11.0. The van der Waals surface area contributed by atoms with E-state index in [-0.39, 0.29) is 24.5 Å². The van der Waals surface area contributed by atoms with E-state index in [0.717, 1.165) is 19.3 Å². The van der Waals surface area contributed by atoms with Crippen LogP contribution in [-0.4, -0.2) is 71.0 Å². The molecule has 0 aliphatic carbocycles. The second-order valence-corrected chi connectivity index (χ2v) is 7.83. The maximum absolute atomic E-state index is 12.9. The molecule has 2 aliphatic heterocycles. The SMILES string of the molecule is Cc1nc(C2CCCCN2C(=O)COc2ccccc2)ncc1C(=O)N1CCOCC1. The van der Waals surface area contributed by atoms with Crippen molar-refractivity contribution in [3.05, 3.63) is 53.6 Å². The summed E-state index contributed by atoms with van der Waals surface area (Å²) in [4.78, 5) is 38.4. The summed E-state index contributed by atoms with van der Waals surface area (Å²) in [5, 5.41) is 0. The molecule has 2 fully saturated rings. The molecule has 2 amide bonds. The molecule has 1 unspecified atom stereocenters. The Kier molecular flexibility index (Phi) is 6.76. The van der Waals surface area contributed by atoms with Crippen LogP contribution in [0, 0.1) is 6.92 Å². The first-order valence-electron chi connectivity index (χ1n) is 10.8. The van der Waals surface area contributed by atoms with Gasteiger partial charge in [0, 0.05) is 25.8 Å². The monoisotopic (exact) mass is 424 g/mol. The predicted octanol–water partition coefficient (Wildman–Crippen LogP) is 2.39. The van der Waals surface area contributed by atoms with Crippen molar-refractivity contribution in [1.82, 2.24) is 19.8 Å². The molecule has 2 saturated heterocycles. The molecule has 1 aromatic heterocycles. The number of likely N-dealkylation sites (tertiary alicyclic amines) is 1. The van der Waals surface area contributed by atoms with Crippen molar-refractivity contribution in [1.29, 1.82) is 0 Å². The highest BCUT2D eigenvalue weighted by Gasteiger charge is 2.31. The summed E-state index contributed by atoms with van der Waals surface area (Å²) in [6.07, 6.45) is 4.35. The number of hydrogen-bond acceptors (Lipinski definition) is 6. The van der Waals surface area contributed by atoms with Crippen LogP contribution in [0.25, 0.3) is 0 Å². The largest absolute Gasteiger partial charge is 0.484 e. The van der Waals surface area contributed by atoms with Crippen LogP contribution in [0.3, 0.4) is 0 Å². The summed E-state index contributed by atoms with van der Waals surface area (Å²) in [5.74, 6) is 1.11. The Morgan fingerprint density at radius 1 is 1.13 bits per heavy atom. The second-order valence-electron chi connectivity index (χ2n) is 7.83. The van der Waals surface area contributed by atoms with Crippen molar-refractivity contribution in [2.24, 2.45) is 0 Å². The third-order valence-corrected chi connectivity index (χ3v) is 5.75. The molecule has 3 heterocycles. The van der Waals surface area contributed by atoms with Gasteiger partial charge in [-0.25, -0.2) is 9.97 Å². The minimum absolute atomic E-state index is 0.0207. The van der Waals surface area contributed by atoms with Crippen LogP contribution in [0.5, 0.6) is 5.75 Å². The van der Waals surface area contributed by atoms with Gasteiger partial charge in [-0.3, -0.25) is 9.59 Å². The van der Waals surface area contributed by atoms with Gasteiger partial charge in [0.15, 0.2) is 12.4 Å². The number of aryl methyl sites for hydroxylation is 1. The minimum atomic E-state index is -0.202. The number of hydrogen-bond donors (Lipinski definition) is 0. The van der Waals surface area contributed by atoms with Crippen molar-refractivity contribution in [3.8, 4) is 5.75 Å². The number of nitrogens with zero attached hydrogens (tertiary/aromatic N) is 4. The number of morpholine rings is 1. The Balaban J connectivity index is 1.46. The Hall–Kier alpha value is -3.00. The summed E-state index contributed by atoms with van der Waals surface area (Å²) in [6, 6.07) is 9.12. The van der Waals surface area contributed by atoms with Gasteiger partial charge in [-0.1, -0.05) is 18.2 Å². The molecule has 0 spiro atoms. The third-order valence-electron chi connectivity index (χ3n) is 5.75. The summed E-state index contributed by atoms with van der Waals surface area (Å²) in [6.45, 7) is 4.71. The minimum Gasteiger partial charge on any atom is -0.484 e. The normalized spacial score (nSPS) is 19.2. The van der Waals surface area contributed by atoms with Gasteiger partial charge in [0.25, 0.3) is 11.8 Å². The van der Waals surface area contributed by atoms with Crippen LogP contribution < -0.4 is 4.74 Å². The number of benzene rings is 1. The van der Waals surface area contributed by atoms with E-state index in [4.69, 9.17) is 9.47 Å². The van der Waals surface area contributed by atoms with E-state index in [1.54, 1.807) is 11.1 Å². The maximum atomic E-state index is 12.9. The van der Waals surface area contributed by atoms with E-state index >= 15 is 0 Å². The van der Waals surface area contributed by atoms with Crippen LogP contribution in [-0.2, 0) is 9.53 Å². The van der Waals surface area contributed by atoms with Crippen LogP contribution in [0.4, 0.5) is 0 Å². The molecule has 2 aliphatic rings. The van der Waals surface area contributed by atoms with E-state index in [1.165, 1.54) is 0 Å². The Morgan fingerprint density at radius 3 is 2.65 bits per heavy atom. The summed E-state index contributed by atoms with van der Waals surface area (Å²) in [7, 11) is 0. The molecule has 0 radical (unpaired) electrons. The molecule has 1 aromatic carbocycles. The van der Waals surface area contributed by atoms with Crippen molar-refractivity contribution >= 4 is 11.8 Å². The van der Waals surface area contributed by atoms with Gasteiger partial charge < -0.3 is 19.3 Å². The third kappa shape index (κ3) is 5.02. The van der Waals surface area contributed by atoms with Crippen LogP contribution in [0.1, 0.15) is 47.2 Å². The zero-order chi connectivity index (χ0) is 21.6. The van der Waals surface area contributed by atoms with Gasteiger partial charge in [0.05, 0.1) is 30.5 Å². The first-order chi connectivity index (χ1) is 15.1. The predicted molar refractivity (Wildman–Crippen MR) is 114 cm³/mol. The van der Waals surface area contributed by atoms with Crippen LogP contribution >= 0.6 is 0 Å². The molecule has 164 valence electrons. The molecule has 0 N–H and O–H groups in total. The molecule has 0 saturated carbocycles. The number of rotatable bonds is 5. The van der Waals surface area contributed by atoms with Crippen molar-refractivity contribution < 1.29 is 19.1 Å². The molecular formula is C23H28N4O4. The standard InChI is InChI=1S/C23H28N4O4/c1-17-19(23(29)26-11-13-30-14-12-26)15-24-22(25-17)20-9-5-6-10-27(20)21(28)16-31-18-7-3-2-4-8-18/h2-4,7-8,15,20H,5-6,9-14,16H2,1H3. The number of carbonyl (C=O) groups is 2. The second kappa shape index (κ2) is 9.87. The zero-order valence-electron chi connectivity index (χ0n) is 17.8. The number of piperidine rings is 1. The van der Waals surface area contributed by atoms with E-state index in [9.17, 15) is 9.59 Å². The molecule has 31 heavy (non-hydrogen) atoms. The lowest BCUT2D eigenvalue weighted by molar-refractivity contribution is -0.137. The highest BCUT2D eigenvalue weighted by Crippen LogP contribution is 2.29. The Bertz CT molecular complexity index is 915. The topological polar surface area (TPSA) is 84.9 Å². The highest BCUT2D eigenvalue weighted by atomic mass is 16.5. The van der Waals surface area contributed by atoms with Crippen molar-refractivity contribution in [2.75, 3.05) is 39.5 Å². The first-order valence-corrected chi connectivity index (χ1v) is 10.8. The summed E-state index contributed by atoms with van der Waals surface area (Å²) in [5.41, 5.74) is 1.15. The highest BCUT2D eigenvalue weighted by molar-refractivity contribution is 5.95. The quantitative estimate of drug-likeness (QED) is 0.733. The molecule has 8 heteroatoms. The number of amides is 2. The molecule has 0 bridgehead atoms. The van der Waals surface area contributed by atoms with Crippen LogP contribution in [0.2, 0.25) is 0 Å². The Labute approximate surface area is 182 Å². The first kappa shape index (κ1) is 21.2. The van der Waals surface area contributed by atoms with E-state index in [1.807, 2.05) is 42.2 Å². The van der Waals surface area contributed by atoms with Crippen molar-refractivity contribution in [2.45, 2.75) is 32.2 Å². The lowest BCUT2D eigenvalue weighted by Crippen LogP contribution is -2.42. The van der Waals surface area contributed by atoms with Gasteiger partial charge >= 0.3 is 0 Å². The molecule has 1 atom stereocenters. The van der Waals surface area contributed by atoms with E-state index in [2.05, 4.69) is 9.97 Å². The fourth-order valence-corrected chi connectivity index (χ4v) is 4.04. The summed E-state index contributed by atoms with van der Waals surface area (Å²) >= 11 is 0. The average Bonchev–Trinajstić information content (AvgIpc) is 2.83. The fraction of sp³-hybridized carbons (Fsp3) is 0.478. The average molecular weight is 425 g/mol. The van der Waals surface area contributed by atoms with Gasteiger partial charge in [0.2, 0.25) is 0 Å². The number of para-hydroxylation sites is 1. The molecule has 8 nitrogen and oxygen atoms in total. The Morgan fingerprint density at radius 2 is 1.90 bits per heavy atom. The fourth-order valence-electron chi connectivity index (χ4n) is 4.04. The smallest absolute Gasteiger partial charge is 0.261 e. The van der Waals surface area contributed by atoms with E-state index < -0.39 is 0 Å². The van der Waals surface area contributed by atoms with Gasteiger partial charge in [-0.2, -0.15) is 0 Å². The number of carbonyl (C=O) groups excluding carboxylic acids is 2. The van der Waals surface area contributed by atoms with Gasteiger partial charge in [-0.05, 0) is 38.3 Å². The zero-order valence-corrected chi connectivity index (χ0v) is 17.8. The number of ether oxygens (including phenoxy) is 2. The molecule has 4 rings (SSSR count). The maximum Gasteiger partial charge on any atom is 0.261 e. The lowest BCUT2D eigenvalue weighted by atomic mass is 10.0. The number of aromatic nitrogens is 2. The van der Waals surface area contributed by atoms with E-state index in [0.29, 0.717) is 55.7 Å². The molecule has 2 aromatic rings. The molecular weight excluding hydrogens is 396 g/mol. The van der Waals surface area contributed by atoms with Crippen LogP contribution in [0.15, 0.2) is 36.5 Å². The van der Waals surface area contributed by atoms with Gasteiger partial charge in [-0.15, -0.1) is 0 Å². The lowest BCUT2D eigenvalue weighted by Gasteiger charge is -2.35. The van der Waals surface area contributed by atoms with Crippen molar-refractivity contribution in [3.63, 3.8) is 0 Å².